The van der Waals surface area contributed by atoms with Crippen LogP contribution >= 0.6 is 24.4 Å². The van der Waals surface area contributed by atoms with E-state index in [9.17, 15) is 14.7 Å². The summed E-state index contributed by atoms with van der Waals surface area (Å²) in [6, 6.07) is 9.94. The SMILES string of the molecule is C[C@H](CS)C(=O)C1C[C@@H](Sc2ccccc2)C[C@H]1C(=O)O. The third-order valence-corrected chi connectivity index (χ3v) is 5.82. The van der Waals surface area contributed by atoms with Crippen LogP contribution in [0.25, 0.3) is 0 Å². The van der Waals surface area contributed by atoms with Gasteiger partial charge in [0.1, 0.15) is 5.78 Å². The molecule has 0 bridgehead atoms. The number of carbonyl (C=O) groups excluding carboxylic acids is 1. The molecule has 0 saturated heterocycles. The highest BCUT2D eigenvalue weighted by molar-refractivity contribution is 8.00. The summed E-state index contributed by atoms with van der Waals surface area (Å²) in [5, 5.41) is 9.58. The second-order valence-corrected chi connectivity index (χ2v) is 7.30. The first kappa shape index (κ1) is 16.4. The van der Waals surface area contributed by atoms with Crippen LogP contribution in [0.1, 0.15) is 19.8 Å². The number of hydrogen-bond acceptors (Lipinski definition) is 4. The van der Waals surface area contributed by atoms with Gasteiger partial charge in [-0.15, -0.1) is 11.8 Å². The molecule has 3 nitrogen and oxygen atoms in total. The van der Waals surface area contributed by atoms with E-state index >= 15 is 0 Å². The minimum absolute atomic E-state index is 0.0496. The highest BCUT2D eigenvalue weighted by Crippen LogP contribution is 2.43. The normalized spacial score (nSPS) is 26.5. The van der Waals surface area contributed by atoms with E-state index in [-0.39, 0.29) is 22.9 Å². The lowest BCUT2D eigenvalue weighted by Crippen LogP contribution is -2.29. The molecular formula is C16H20O3S2. The van der Waals surface area contributed by atoms with E-state index in [0.717, 1.165) is 4.90 Å². The first-order chi connectivity index (χ1) is 10.0. The van der Waals surface area contributed by atoms with Crippen molar-refractivity contribution in [2.45, 2.75) is 29.9 Å². The molecule has 1 aromatic rings. The first-order valence-corrected chi connectivity index (χ1v) is 8.63. The minimum atomic E-state index is -0.851. The van der Waals surface area contributed by atoms with Gasteiger partial charge in [0.15, 0.2) is 0 Å². The maximum atomic E-state index is 12.4. The van der Waals surface area contributed by atoms with Crippen LogP contribution < -0.4 is 0 Å². The molecule has 4 atom stereocenters. The number of benzene rings is 1. The van der Waals surface area contributed by atoms with Gasteiger partial charge in [0.25, 0.3) is 0 Å². The lowest BCUT2D eigenvalue weighted by Gasteiger charge is -2.17. The zero-order chi connectivity index (χ0) is 15.4. The van der Waals surface area contributed by atoms with E-state index in [2.05, 4.69) is 12.6 Å². The monoisotopic (exact) mass is 324 g/mol. The standard InChI is InChI=1S/C16H20O3S2/c1-10(9-20)15(17)13-7-12(8-14(13)16(18)19)21-11-5-3-2-4-6-11/h2-6,10,12-14,20H,7-9H2,1H3,(H,18,19)/t10-,12-,13?,14-/m1/s1. The molecule has 1 aliphatic carbocycles. The molecule has 1 saturated carbocycles. The number of carboxylic acid groups (broad SMARTS) is 1. The van der Waals surface area contributed by atoms with Gasteiger partial charge in [-0.05, 0) is 30.7 Å². The van der Waals surface area contributed by atoms with Crippen LogP contribution in [-0.4, -0.2) is 27.9 Å². The van der Waals surface area contributed by atoms with Crippen LogP contribution in [-0.2, 0) is 9.59 Å². The fourth-order valence-electron chi connectivity index (χ4n) is 2.82. The maximum Gasteiger partial charge on any atom is 0.307 e. The number of thiol groups is 1. The molecule has 0 aromatic heterocycles. The molecule has 2 rings (SSSR count). The Morgan fingerprint density at radius 2 is 1.90 bits per heavy atom. The third-order valence-electron chi connectivity index (χ3n) is 4.01. The summed E-state index contributed by atoms with van der Waals surface area (Å²) in [7, 11) is 0. The number of ketones is 1. The van der Waals surface area contributed by atoms with Crippen LogP contribution in [0.15, 0.2) is 35.2 Å². The van der Waals surface area contributed by atoms with Gasteiger partial charge in [0.05, 0.1) is 5.92 Å². The van der Waals surface area contributed by atoms with Crippen LogP contribution in [0, 0.1) is 17.8 Å². The number of hydrogen-bond donors (Lipinski definition) is 2. The van der Waals surface area contributed by atoms with Crippen molar-refractivity contribution in [2.75, 3.05) is 5.75 Å². The quantitative estimate of drug-likeness (QED) is 0.788. The lowest BCUT2D eigenvalue weighted by molar-refractivity contribution is -0.146. The number of aliphatic carboxylic acids is 1. The van der Waals surface area contributed by atoms with Gasteiger partial charge >= 0.3 is 5.97 Å². The van der Waals surface area contributed by atoms with Crippen molar-refractivity contribution >= 4 is 36.1 Å². The van der Waals surface area contributed by atoms with Gasteiger partial charge in [-0.3, -0.25) is 9.59 Å². The predicted octanol–water partition coefficient (Wildman–Crippen LogP) is 3.39. The van der Waals surface area contributed by atoms with Crippen LogP contribution in [0.3, 0.4) is 0 Å². The van der Waals surface area contributed by atoms with Crippen molar-refractivity contribution in [2.24, 2.45) is 17.8 Å². The molecule has 1 aromatic carbocycles. The molecule has 0 amide bonds. The zero-order valence-corrected chi connectivity index (χ0v) is 13.6. The van der Waals surface area contributed by atoms with Crippen molar-refractivity contribution in [1.29, 1.82) is 0 Å². The predicted molar refractivity (Wildman–Crippen MR) is 88.0 cm³/mol. The second kappa shape index (κ2) is 7.36. The van der Waals surface area contributed by atoms with Crippen molar-refractivity contribution in [3.05, 3.63) is 30.3 Å². The summed E-state index contributed by atoms with van der Waals surface area (Å²) in [6.07, 6.45) is 1.21. The largest absolute Gasteiger partial charge is 0.481 e. The molecule has 0 heterocycles. The molecule has 114 valence electrons. The summed E-state index contributed by atoms with van der Waals surface area (Å²) >= 11 is 5.84. The second-order valence-electron chi connectivity index (χ2n) is 5.56. The molecule has 1 N–H and O–H groups in total. The summed E-state index contributed by atoms with van der Waals surface area (Å²) in [6.45, 7) is 1.83. The van der Waals surface area contributed by atoms with Gasteiger partial charge in [0, 0.05) is 22.0 Å². The van der Waals surface area contributed by atoms with E-state index in [1.165, 1.54) is 0 Å². The number of rotatable bonds is 6. The molecule has 5 heteroatoms. The van der Waals surface area contributed by atoms with Crippen LogP contribution in [0.4, 0.5) is 0 Å². The topological polar surface area (TPSA) is 54.4 Å². The highest BCUT2D eigenvalue weighted by atomic mass is 32.2. The van der Waals surface area contributed by atoms with Gasteiger partial charge < -0.3 is 5.11 Å². The van der Waals surface area contributed by atoms with Gasteiger partial charge in [0.2, 0.25) is 0 Å². The fourth-order valence-corrected chi connectivity index (χ4v) is 4.31. The first-order valence-electron chi connectivity index (χ1n) is 7.12. The molecule has 21 heavy (non-hydrogen) atoms. The summed E-state index contributed by atoms with van der Waals surface area (Å²) in [5.41, 5.74) is 0. The van der Waals surface area contributed by atoms with Crippen LogP contribution in [0.2, 0.25) is 0 Å². The molecule has 0 spiro atoms. The Morgan fingerprint density at radius 1 is 1.29 bits per heavy atom. The Kier molecular flexibility index (Phi) is 5.76. The number of Topliss-reactive ketones (excluding diaryl/α,β-unsaturated/α-hetero) is 1. The Hall–Kier alpha value is -0.940. The van der Waals surface area contributed by atoms with E-state index in [1.807, 2.05) is 37.3 Å². The smallest absolute Gasteiger partial charge is 0.307 e. The molecular weight excluding hydrogens is 304 g/mol. The van der Waals surface area contributed by atoms with Gasteiger partial charge in [-0.1, -0.05) is 25.1 Å². The number of carboxylic acids is 1. The Labute approximate surface area is 134 Å². The molecule has 1 unspecified atom stereocenters. The summed E-state index contributed by atoms with van der Waals surface area (Å²) in [5.74, 6) is -1.44. The maximum absolute atomic E-state index is 12.4. The van der Waals surface area contributed by atoms with Crippen LogP contribution in [0.5, 0.6) is 0 Å². The molecule has 0 aliphatic heterocycles. The highest BCUT2D eigenvalue weighted by Gasteiger charge is 2.43. The third kappa shape index (κ3) is 4.04. The van der Waals surface area contributed by atoms with E-state index in [1.54, 1.807) is 11.8 Å². The minimum Gasteiger partial charge on any atom is -0.481 e. The number of carbonyl (C=O) groups is 2. The van der Waals surface area contributed by atoms with E-state index < -0.39 is 11.9 Å². The van der Waals surface area contributed by atoms with E-state index in [0.29, 0.717) is 18.6 Å². The summed E-state index contributed by atoms with van der Waals surface area (Å²) < 4.78 is 0. The Bertz CT molecular complexity index is 504. The Balaban J connectivity index is 2.08. The van der Waals surface area contributed by atoms with Crippen molar-refractivity contribution in [1.82, 2.24) is 0 Å². The molecule has 1 fully saturated rings. The van der Waals surface area contributed by atoms with Gasteiger partial charge in [-0.2, -0.15) is 12.6 Å². The average Bonchev–Trinajstić information content (AvgIpc) is 2.90. The van der Waals surface area contributed by atoms with E-state index in [4.69, 9.17) is 0 Å². The molecule has 1 aliphatic rings. The molecule has 0 radical (unpaired) electrons. The average molecular weight is 324 g/mol. The summed E-state index contributed by atoms with van der Waals surface area (Å²) in [4.78, 5) is 24.9. The van der Waals surface area contributed by atoms with Gasteiger partial charge in [-0.25, -0.2) is 0 Å². The zero-order valence-electron chi connectivity index (χ0n) is 11.9. The number of thioether (sulfide) groups is 1. The Morgan fingerprint density at radius 3 is 2.48 bits per heavy atom. The van der Waals surface area contributed by atoms with Crippen molar-refractivity contribution in [3.8, 4) is 0 Å². The van der Waals surface area contributed by atoms with Crippen molar-refractivity contribution in [3.63, 3.8) is 0 Å². The van der Waals surface area contributed by atoms with Crippen molar-refractivity contribution < 1.29 is 14.7 Å². The fraction of sp³-hybridized carbons (Fsp3) is 0.500. The lowest BCUT2D eigenvalue weighted by atomic mass is 9.87.